The van der Waals surface area contributed by atoms with E-state index in [0.717, 1.165) is 24.2 Å². The Kier molecular flexibility index (Phi) is 10.5. The first-order valence-corrected chi connectivity index (χ1v) is 8.45. The van der Waals surface area contributed by atoms with Crippen LogP contribution in [0.25, 0.3) is 0 Å². The zero-order chi connectivity index (χ0) is 18.1. The van der Waals surface area contributed by atoms with Crippen LogP contribution < -0.4 is 44.3 Å². The Hall–Kier alpha value is -1.40. The summed E-state index contributed by atoms with van der Waals surface area (Å²) in [6, 6.07) is 14.3. The molecule has 1 unspecified atom stereocenters. The van der Waals surface area contributed by atoms with Crippen LogP contribution in [-0.4, -0.2) is 20.0 Å². The van der Waals surface area contributed by atoms with E-state index in [1.54, 1.807) is 43.5 Å². The second kappa shape index (κ2) is 12.1. The molecule has 0 bridgehead atoms. The van der Waals surface area contributed by atoms with Crippen molar-refractivity contribution < 1.29 is 50.0 Å². The van der Waals surface area contributed by atoms with Gasteiger partial charge in [-0.3, -0.25) is 0 Å². The number of rotatable bonds is 8. The molecule has 0 aliphatic rings. The smallest absolute Gasteiger partial charge is 1.00 e. The SMILES string of the molecule is CCCC(NC(=O)OCOc1ccc(OC)cc1)c1ccc(Cl)cc1.[H-].[Na+]. The van der Waals surface area contributed by atoms with Gasteiger partial charge in [-0.15, -0.1) is 0 Å². The maximum Gasteiger partial charge on any atom is 1.00 e. The maximum atomic E-state index is 12.0. The van der Waals surface area contributed by atoms with Crippen molar-refractivity contribution >= 4 is 17.7 Å². The molecule has 1 N–H and O–H groups in total. The molecule has 0 fully saturated rings. The van der Waals surface area contributed by atoms with Crippen LogP contribution in [0.15, 0.2) is 48.5 Å². The summed E-state index contributed by atoms with van der Waals surface area (Å²) in [5, 5.41) is 3.52. The molecule has 2 rings (SSSR count). The minimum atomic E-state index is -0.526. The summed E-state index contributed by atoms with van der Waals surface area (Å²) in [5.74, 6) is 1.33. The molecule has 136 valence electrons. The third-order valence-corrected chi connectivity index (χ3v) is 3.87. The monoisotopic (exact) mass is 387 g/mol. The van der Waals surface area contributed by atoms with E-state index in [2.05, 4.69) is 12.2 Å². The van der Waals surface area contributed by atoms with Crippen LogP contribution in [0.1, 0.15) is 32.8 Å². The number of alkyl carbamates (subject to hydrolysis) is 1. The van der Waals surface area contributed by atoms with Gasteiger partial charge in [0.25, 0.3) is 0 Å². The number of carbonyl (C=O) groups is 1. The topological polar surface area (TPSA) is 56.8 Å². The van der Waals surface area contributed by atoms with Gasteiger partial charge in [-0.05, 0) is 48.4 Å². The molecule has 0 saturated heterocycles. The van der Waals surface area contributed by atoms with Crippen LogP contribution in [-0.2, 0) is 4.74 Å². The minimum absolute atomic E-state index is 0. The van der Waals surface area contributed by atoms with Gasteiger partial charge in [-0.25, -0.2) is 4.79 Å². The second-order valence-corrected chi connectivity index (χ2v) is 5.84. The molecule has 0 heterocycles. The van der Waals surface area contributed by atoms with Crippen molar-refractivity contribution in [3.05, 3.63) is 59.1 Å². The number of halogens is 1. The number of methoxy groups -OCH3 is 1. The van der Waals surface area contributed by atoms with Crippen LogP contribution in [0.3, 0.4) is 0 Å². The fraction of sp³-hybridized carbons (Fsp3) is 0.316. The van der Waals surface area contributed by atoms with Crippen LogP contribution in [0, 0.1) is 0 Å². The number of benzene rings is 2. The second-order valence-electron chi connectivity index (χ2n) is 5.41. The summed E-state index contributed by atoms with van der Waals surface area (Å²) in [5.41, 5.74) is 0.985. The van der Waals surface area contributed by atoms with Crippen LogP contribution in [0.5, 0.6) is 11.5 Å². The number of hydrogen-bond donors (Lipinski definition) is 1. The molecule has 2 aromatic carbocycles. The zero-order valence-electron chi connectivity index (χ0n) is 16.3. The van der Waals surface area contributed by atoms with Gasteiger partial charge >= 0.3 is 35.7 Å². The largest absolute Gasteiger partial charge is 1.00 e. The van der Waals surface area contributed by atoms with Gasteiger partial charge < -0.3 is 21.0 Å². The van der Waals surface area contributed by atoms with Gasteiger partial charge in [0, 0.05) is 5.02 Å². The fourth-order valence-electron chi connectivity index (χ4n) is 2.31. The fourth-order valence-corrected chi connectivity index (χ4v) is 2.44. The Labute approximate surface area is 182 Å². The quantitative estimate of drug-likeness (QED) is 0.556. The van der Waals surface area contributed by atoms with Crippen LogP contribution in [0.4, 0.5) is 4.79 Å². The first-order valence-electron chi connectivity index (χ1n) is 8.08. The zero-order valence-corrected chi connectivity index (χ0v) is 18.1. The molecule has 5 nitrogen and oxygen atoms in total. The van der Waals surface area contributed by atoms with Gasteiger partial charge in [0.1, 0.15) is 11.5 Å². The van der Waals surface area contributed by atoms with Gasteiger partial charge in [0.05, 0.1) is 13.2 Å². The number of amides is 1. The van der Waals surface area contributed by atoms with Crippen molar-refractivity contribution in [1.82, 2.24) is 5.32 Å². The maximum absolute atomic E-state index is 12.0. The molecular formula is C19H23ClNNaO4. The van der Waals surface area contributed by atoms with E-state index >= 15 is 0 Å². The van der Waals surface area contributed by atoms with Gasteiger partial charge in [-0.2, -0.15) is 0 Å². The summed E-state index contributed by atoms with van der Waals surface area (Å²) >= 11 is 5.91. The number of nitrogens with one attached hydrogen (secondary N) is 1. The average molecular weight is 388 g/mol. The molecule has 0 spiro atoms. The molecule has 0 aromatic heterocycles. The molecular weight excluding hydrogens is 365 g/mol. The first kappa shape index (κ1) is 22.6. The molecule has 7 heteroatoms. The Morgan fingerprint density at radius 2 is 1.73 bits per heavy atom. The molecule has 1 atom stereocenters. The summed E-state index contributed by atoms with van der Waals surface area (Å²) in [7, 11) is 1.59. The number of ether oxygens (including phenoxy) is 3. The van der Waals surface area contributed by atoms with Crippen molar-refractivity contribution in [3.8, 4) is 11.5 Å². The van der Waals surface area contributed by atoms with Crippen molar-refractivity contribution in [2.45, 2.75) is 25.8 Å². The van der Waals surface area contributed by atoms with E-state index in [1.165, 1.54) is 0 Å². The number of carbonyl (C=O) groups excluding carboxylic acids is 1. The van der Waals surface area contributed by atoms with Crippen molar-refractivity contribution in [1.29, 1.82) is 0 Å². The molecule has 1 amide bonds. The summed E-state index contributed by atoms with van der Waals surface area (Å²) in [4.78, 5) is 12.0. The average Bonchev–Trinajstić information content (AvgIpc) is 2.62. The molecule has 0 aliphatic carbocycles. The predicted octanol–water partition coefficient (Wildman–Crippen LogP) is 2.07. The van der Waals surface area contributed by atoms with E-state index in [4.69, 9.17) is 25.8 Å². The predicted molar refractivity (Wildman–Crippen MR) is 98.3 cm³/mol. The van der Waals surface area contributed by atoms with E-state index in [9.17, 15) is 4.79 Å². The third kappa shape index (κ3) is 7.46. The normalized spacial score (nSPS) is 11.0. The first-order chi connectivity index (χ1) is 12.1. The standard InChI is InChI=1S/C19H22ClNO4.Na.H/c1-3-4-18(14-5-7-15(20)8-6-14)21-19(22)25-13-24-17-11-9-16(23-2)10-12-17;;/h5-12,18H,3-4,13H2,1-2H3,(H,21,22);;/q;+1;-1. The van der Waals surface area contributed by atoms with Crippen LogP contribution in [0.2, 0.25) is 5.02 Å². The molecule has 0 saturated carbocycles. The van der Waals surface area contributed by atoms with E-state index in [-0.39, 0.29) is 43.8 Å². The van der Waals surface area contributed by atoms with Crippen molar-refractivity contribution in [2.75, 3.05) is 13.9 Å². The molecule has 0 radical (unpaired) electrons. The van der Waals surface area contributed by atoms with Crippen LogP contribution >= 0.6 is 11.6 Å². The van der Waals surface area contributed by atoms with Gasteiger partial charge in [-0.1, -0.05) is 37.1 Å². The van der Waals surface area contributed by atoms with E-state index in [0.29, 0.717) is 10.8 Å². The summed E-state index contributed by atoms with van der Waals surface area (Å²) < 4.78 is 15.5. The Bertz CT molecular complexity index is 670. The van der Waals surface area contributed by atoms with E-state index in [1.807, 2.05) is 12.1 Å². The molecule has 2 aromatic rings. The Morgan fingerprint density at radius 3 is 2.31 bits per heavy atom. The van der Waals surface area contributed by atoms with Gasteiger partial charge in [0.15, 0.2) is 0 Å². The Balaban J connectivity index is 0.00000338. The summed E-state index contributed by atoms with van der Waals surface area (Å²) in [6.45, 7) is 1.89. The third-order valence-electron chi connectivity index (χ3n) is 3.62. The minimum Gasteiger partial charge on any atom is -1.00 e. The Morgan fingerprint density at radius 1 is 1.12 bits per heavy atom. The molecule has 0 aliphatic heterocycles. The van der Waals surface area contributed by atoms with Crippen molar-refractivity contribution in [2.24, 2.45) is 0 Å². The van der Waals surface area contributed by atoms with Crippen molar-refractivity contribution in [3.63, 3.8) is 0 Å². The summed E-state index contributed by atoms with van der Waals surface area (Å²) in [6.07, 6.45) is 1.20. The van der Waals surface area contributed by atoms with Gasteiger partial charge in [0.2, 0.25) is 6.79 Å². The van der Waals surface area contributed by atoms with E-state index < -0.39 is 6.09 Å². The number of hydrogen-bond acceptors (Lipinski definition) is 4. The molecule has 26 heavy (non-hydrogen) atoms.